The Hall–Kier alpha value is -3.75. The highest BCUT2D eigenvalue weighted by molar-refractivity contribution is 5.97. The van der Waals surface area contributed by atoms with Crippen LogP contribution in [-0.2, 0) is 21.0 Å². The number of carbonyl (C=O) groups excluding carboxylic acids is 3. The number of carbonyl (C=O) groups is 3. The molecule has 1 unspecified atom stereocenters. The Morgan fingerprint density at radius 3 is 2.24 bits per heavy atom. The van der Waals surface area contributed by atoms with Gasteiger partial charge < -0.3 is 40.5 Å². The second-order valence-electron chi connectivity index (χ2n) is 22.0. The van der Waals surface area contributed by atoms with Gasteiger partial charge >= 0.3 is 0 Å². The Morgan fingerprint density at radius 2 is 1.67 bits per heavy atom. The van der Waals surface area contributed by atoms with E-state index in [1.807, 2.05) is 88.5 Å². The van der Waals surface area contributed by atoms with E-state index in [1.54, 1.807) is 19.1 Å². The summed E-state index contributed by atoms with van der Waals surface area (Å²) in [6.07, 6.45) is 1.67. The molecule has 352 valence electrons. The Kier molecular flexibility index (Phi) is 15.5. The SMILES string of the molecule is COc1c(CN2O[C@@H](CNC(=O)CCN(C)C)[C@]3(CC3(C)O)[C@H]2C(=O)N[C@H]2C[C@@H](C)C(C)(C)[C@@H](C)[C@@H]2C)cccc1-c1cc(C(=O)N[C@H](CN(C)C)CC(C)(C)C)cc(N(C)C)c1. The Morgan fingerprint density at radius 1 is 1.00 bits per heavy atom. The van der Waals surface area contributed by atoms with E-state index in [9.17, 15) is 19.5 Å². The average molecular weight is 876 g/mol. The van der Waals surface area contributed by atoms with Gasteiger partial charge in [0.05, 0.1) is 24.7 Å². The average Bonchev–Trinajstić information content (AvgIpc) is 3.62. The van der Waals surface area contributed by atoms with Crippen molar-refractivity contribution in [3.05, 3.63) is 47.5 Å². The summed E-state index contributed by atoms with van der Waals surface area (Å²) < 4.78 is 6.23. The van der Waals surface area contributed by atoms with Crippen molar-refractivity contribution in [3.63, 3.8) is 0 Å². The van der Waals surface area contributed by atoms with Crippen LogP contribution in [0.5, 0.6) is 5.75 Å². The largest absolute Gasteiger partial charge is 0.496 e. The van der Waals surface area contributed by atoms with Gasteiger partial charge in [-0.3, -0.25) is 19.2 Å². The van der Waals surface area contributed by atoms with Crippen LogP contribution in [0, 0.1) is 34.0 Å². The van der Waals surface area contributed by atoms with Crippen LogP contribution in [0.25, 0.3) is 11.1 Å². The summed E-state index contributed by atoms with van der Waals surface area (Å²) >= 11 is 0. The summed E-state index contributed by atoms with van der Waals surface area (Å²) in [6, 6.07) is 10.8. The fourth-order valence-corrected chi connectivity index (χ4v) is 10.4. The highest BCUT2D eigenvalue weighted by Crippen LogP contribution is 2.66. The molecule has 1 aliphatic heterocycles. The van der Waals surface area contributed by atoms with Gasteiger partial charge in [0.25, 0.3) is 5.91 Å². The van der Waals surface area contributed by atoms with Gasteiger partial charge in [-0.15, -0.1) is 0 Å². The maximum atomic E-state index is 15.0. The van der Waals surface area contributed by atoms with Crippen molar-refractivity contribution in [1.82, 2.24) is 30.8 Å². The number of hydrogen-bond acceptors (Lipinski definition) is 10. The van der Waals surface area contributed by atoms with Crippen LogP contribution in [0.1, 0.15) is 104 Å². The van der Waals surface area contributed by atoms with Crippen molar-refractivity contribution in [2.75, 3.05) is 73.9 Å². The molecule has 3 amide bonds. The summed E-state index contributed by atoms with van der Waals surface area (Å²) in [5, 5.41) is 23.5. The first kappa shape index (κ1) is 50.3. The number of hydrogen-bond donors (Lipinski definition) is 4. The molecule has 2 aromatic rings. The summed E-state index contributed by atoms with van der Waals surface area (Å²) in [5.41, 5.74) is 1.73. The van der Waals surface area contributed by atoms with E-state index in [-0.39, 0.29) is 59.6 Å². The molecule has 2 aromatic carbocycles. The number of anilines is 1. The number of amides is 3. The molecule has 13 nitrogen and oxygen atoms in total. The first-order valence-corrected chi connectivity index (χ1v) is 23.0. The summed E-state index contributed by atoms with van der Waals surface area (Å²) in [7, 11) is 13.4. The monoisotopic (exact) mass is 876 g/mol. The second kappa shape index (κ2) is 19.4. The number of nitrogens with zero attached hydrogens (tertiary/aromatic N) is 4. The maximum Gasteiger partial charge on any atom is 0.251 e. The Bertz CT molecular complexity index is 1940. The molecule has 1 heterocycles. The lowest BCUT2D eigenvalue weighted by Crippen LogP contribution is -2.57. The van der Waals surface area contributed by atoms with E-state index in [0.717, 1.165) is 35.2 Å². The zero-order valence-corrected chi connectivity index (χ0v) is 41.4. The predicted molar refractivity (Wildman–Crippen MR) is 253 cm³/mol. The molecular formula is C50H81N7O6. The molecule has 63 heavy (non-hydrogen) atoms. The van der Waals surface area contributed by atoms with E-state index in [1.165, 1.54) is 0 Å². The molecule has 2 saturated carbocycles. The summed E-state index contributed by atoms with van der Waals surface area (Å²) in [5.74, 6) is 1.13. The molecule has 13 heteroatoms. The highest BCUT2D eigenvalue weighted by Gasteiger charge is 2.78. The van der Waals surface area contributed by atoms with E-state index in [4.69, 9.17) is 9.57 Å². The van der Waals surface area contributed by atoms with Gasteiger partial charge in [-0.2, -0.15) is 5.06 Å². The van der Waals surface area contributed by atoms with Crippen LogP contribution in [0.15, 0.2) is 36.4 Å². The number of rotatable bonds is 17. The van der Waals surface area contributed by atoms with Crippen LogP contribution in [0.3, 0.4) is 0 Å². The topological polar surface area (TPSA) is 139 Å². The van der Waals surface area contributed by atoms with Crippen LogP contribution >= 0.6 is 0 Å². The van der Waals surface area contributed by atoms with Gasteiger partial charge in [-0.05, 0) is 107 Å². The van der Waals surface area contributed by atoms with Crippen LogP contribution in [0.4, 0.5) is 5.69 Å². The number of hydroxylamine groups is 2. The Labute approximate surface area is 378 Å². The van der Waals surface area contributed by atoms with E-state index in [2.05, 4.69) is 76.2 Å². The van der Waals surface area contributed by atoms with Crippen molar-refractivity contribution in [2.45, 2.75) is 124 Å². The quantitative estimate of drug-likeness (QED) is 0.149. The number of para-hydroxylation sites is 1. The number of likely N-dealkylation sites (N-methyl/N-ethyl adjacent to an activating group) is 1. The minimum Gasteiger partial charge on any atom is -0.496 e. The summed E-state index contributed by atoms with van der Waals surface area (Å²) in [6.45, 7) is 21.4. The Balaban J connectivity index is 1.52. The lowest BCUT2D eigenvalue weighted by Gasteiger charge is -2.50. The third kappa shape index (κ3) is 11.2. The van der Waals surface area contributed by atoms with Crippen LogP contribution in [0.2, 0.25) is 0 Å². The molecule has 2 aliphatic carbocycles. The first-order valence-electron chi connectivity index (χ1n) is 23.0. The van der Waals surface area contributed by atoms with Crippen LogP contribution < -0.4 is 25.6 Å². The normalized spacial score (nSPS) is 28.6. The molecule has 0 aromatic heterocycles. The van der Waals surface area contributed by atoms with Crippen LogP contribution in [-0.4, -0.2) is 137 Å². The summed E-state index contributed by atoms with van der Waals surface area (Å²) in [4.78, 5) is 54.9. The minimum absolute atomic E-state index is 0.0225. The molecule has 3 fully saturated rings. The number of methoxy groups -OCH3 is 1. The molecule has 0 radical (unpaired) electrons. The fourth-order valence-electron chi connectivity index (χ4n) is 10.4. The van der Waals surface area contributed by atoms with Crippen molar-refractivity contribution < 1.29 is 29.1 Å². The predicted octanol–water partition coefficient (Wildman–Crippen LogP) is 6.04. The van der Waals surface area contributed by atoms with Crippen molar-refractivity contribution in [2.24, 2.45) is 34.0 Å². The maximum absolute atomic E-state index is 15.0. The number of ether oxygens (including phenoxy) is 1. The second-order valence-corrected chi connectivity index (χ2v) is 22.0. The van der Waals surface area contributed by atoms with E-state index >= 15 is 0 Å². The van der Waals surface area contributed by atoms with Gasteiger partial charge in [0, 0.05) is 74.6 Å². The lowest BCUT2D eigenvalue weighted by atomic mass is 9.58. The van der Waals surface area contributed by atoms with Gasteiger partial charge in [-0.25, -0.2) is 0 Å². The van der Waals surface area contributed by atoms with Crippen molar-refractivity contribution in [1.29, 1.82) is 0 Å². The van der Waals surface area contributed by atoms with Gasteiger partial charge in [0.1, 0.15) is 17.9 Å². The molecule has 5 rings (SSSR count). The standard InChI is InChI=1S/C50H81N7O6/c1-31-22-40(32(2)33(3)48(31,7)8)53-46(60)44-50(30-49(50,9)61)41(27-51-42(58)20-21-54(10)11)63-57(44)28-34-18-17-19-39(43(34)62-16)35-23-36(25-38(24-35)56(14)15)45(59)52-37(29-55(12)13)26-47(4,5)6/h17-19,23-25,31-33,37,40-41,44,61H,20-22,26-30H2,1-16H3,(H,51,58)(H,52,59)(H,53,60)/t31-,32+,33+,37+,40+,41+,44-,49?,50-/m1/s1. The molecule has 4 N–H and O–H groups in total. The first-order chi connectivity index (χ1) is 29.2. The molecule has 3 aliphatic rings. The molecule has 1 saturated heterocycles. The molecular weight excluding hydrogens is 795 g/mol. The zero-order chi connectivity index (χ0) is 47.0. The number of nitrogens with one attached hydrogen (secondary N) is 3. The third-order valence-corrected chi connectivity index (χ3v) is 14.9. The number of aliphatic hydroxyl groups is 1. The fraction of sp³-hybridized carbons (Fsp3) is 0.700. The number of benzene rings is 2. The molecule has 0 bridgehead atoms. The third-order valence-electron chi connectivity index (χ3n) is 14.9. The van der Waals surface area contributed by atoms with E-state index < -0.39 is 23.2 Å². The van der Waals surface area contributed by atoms with Crippen molar-refractivity contribution in [3.8, 4) is 16.9 Å². The molecule has 9 atom stereocenters. The van der Waals surface area contributed by atoms with Crippen molar-refractivity contribution >= 4 is 23.4 Å². The smallest absolute Gasteiger partial charge is 0.251 e. The zero-order valence-electron chi connectivity index (χ0n) is 41.4. The molecule has 1 spiro atoms. The highest BCUT2D eigenvalue weighted by atomic mass is 16.7. The lowest BCUT2D eigenvalue weighted by molar-refractivity contribution is -0.176. The van der Waals surface area contributed by atoms with Gasteiger partial charge in [0.2, 0.25) is 11.8 Å². The van der Waals surface area contributed by atoms with Gasteiger partial charge in [0.15, 0.2) is 0 Å². The van der Waals surface area contributed by atoms with Gasteiger partial charge in [-0.1, -0.05) is 73.6 Å². The minimum atomic E-state index is -1.21. The van der Waals surface area contributed by atoms with E-state index in [0.29, 0.717) is 49.1 Å².